The monoisotopic (exact) mass is 424 g/mol. The highest BCUT2D eigenvalue weighted by molar-refractivity contribution is 6.35. The third-order valence-electron chi connectivity index (χ3n) is 4.64. The van der Waals surface area contributed by atoms with Gasteiger partial charge in [-0.3, -0.25) is 9.48 Å². The maximum Gasteiger partial charge on any atom is 0.277 e. The van der Waals surface area contributed by atoms with Gasteiger partial charge in [0.2, 0.25) is 0 Å². The topological polar surface area (TPSA) is 59.8 Å². The van der Waals surface area contributed by atoms with Crippen molar-refractivity contribution in [3.63, 3.8) is 0 Å². The Bertz CT molecular complexity index is 1220. The van der Waals surface area contributed by atoms with E-state index in [1.807, 2.05) is 36.7 Å². The number of hydrogen-bond donors (Lipinski definition) is 1. The van der Waals surface area contributed by atoms with Crippen molar-refractivity contribution in [2.75, 3.05) is 5.32 Å². The molecule has 0 saturated heterocycles. The lowest BCUT2D eigenvalue weighted by Crippen LogP contribution is -2.14. The molecule has 146 valence electrons. The van der Waals surface area contributed by atoms with E-state index in [1.54, 1.807) is 30.5 Å². The van der Waals surface area contributed by atoms with Gasteiger partial charge in [0, 0.05) is 21.6 Å². The molecule has 7 heteroatoms. The minimum atomic E-state index is -0.306. The SMILES string of the molecule is Cc1cc(C)c2c(c1)c(C(=O)Nc1ccccn1)nn2Cc1ccc(Cl)cc1Cl. The minimum absolute atomic E-state index is 0.306. The van der Waals surface area contributed by atoms with Gasteiger partial charge in [-0.2, -0.15) is 5.10 Å². The molecule has 29 heavy (non-hydrogen) atoms. The van der Waals surface area contributed by atoms with Gasteiger partial charge in [-0.15, -0.1) is 0 Å². The van der Waals surface area contributed by atoms with Gasteiger partial charge < -0.3 is 5.32 Å². The number of amides is 1. The number of aromatic nitrogens is 3. The highest BCUT2D eigenvalue weighted by Crippen LogP contribution is 2.28. The molecule has 4 aromatic rings. The Balaban J connectivity index is 1.80. The van der Waals surface area contributed by atoms with Crippen LogP contribution in [0.2, 0.25) is 10.0 Å². The lowest BCUT2D eigenvalue weighted by atomic mass is 10.1. The summed E-state index contributed by atoms with van der Waals surface area (Å²) >= 11 is 12.4. The zero-order valence-corrected chi connectivity index (χ0v) is 17.4. The molecular formula is C22H18Cl2N4O. The fourth-order valence-electron chi connectivity index (χ4n) is 3.41. The molecule has 5 nitrogen and oxygen atoms in total. The first-order chi connectivity index (χ1) is 13.9. The summed E-state index contributed by atoms with van der Waals surface area (Å²) in [5.41, 5.74) is 4.22. The van der Waals surface area contributed by atoms with Crippen LogP contribution < -0.4 is 5.32 Å². The van der Waals surface area contributed by atoms with Crippen LogP contribution in [-0.4, -0.2) is 20.7 Å². The number of anilines is 1. The summed E-state index contributed by atoms with van der Waals surface area (Å²) in [6.07, 6.45) is 1.63. The van der Waals surface area contributed by atoms with E-state index in [0.29, 0.717) is 28.1 Å². The molecule has 0 aliphatic rings. The summed E-state index contributed by atoms with van der Waals surface area (Å²) in [5, 5.41) is 9.38. The van der Waals surface area contributed by atoms with Gasteiger partial charge >= 0.3 is 0 Å². The molecule has 1 amide bonds. The lowest BCUT2D eigenvalue weighted by molar-refractivity contribution is 0.102. The van der Waals surface area contributed by atoms with E-state index < -0.39 is 0 Å². The van der Waals surface area contributed by atoms with Crippen LogP contribution >= 0.6 is 23.2 Å². The average molecular weight is 425 g/mol. The second-order valence-corrected chi connectivity index (χ2v) is 7.73. The quantitative estimate of drug-likeness (QED) is 0.459. The smallest absolute Gasteiger partial charge is 0.277 e. The molecule has 0 fully saturated rings. The third kappa shape index (κ3) is 3.97. The van der Waals surface area contributed by atoms with Crippen molar-refractivity contribution in [3.8, 4) is 0 Å². The summed E-state index contributed by atoms with van der Waals surface area (Å²) in [6, 6.07) is 14.8. The number of pyridine rings is 1. The van der Waals surface area contributed by atoms with Crippen molar-refractivity contribution in [1.82, 2.24) is 14.8 Å². The zero-order valence-electron chi connectivity index (χ0n) is 15.9. The predicted octanol–water partition coefficient (Wildman–Crippen LogP) is 5.66. The number of aryl methyl sites for hydroxylation is 2. The van der Waals surface area contributed by atoms with Crippen LogP contribution in [0.4, 0.5) is 5.82 Å². The normalized spacial score (nSPS) is 11.0. The van der Waals surface area contributed by atoms with E-state index in [1.165, 1.54) is 0 Å². The molecule has 0 radical (unpaired) electrons. The lowest BCUT2D eigenvalue weighted by Gasteiger charge is -2.08. The largest absolute Gasteiger partial charge is 0.305 e. The maximum absolute atomic E-state index is 13.0. The van der Waals surface area contributed by atoms with E-state index in [-0.39, 0.29) is 5.91 Å². The molecule has 0 aliphatic carbocycles. The number of carbonyl (C=O) groups excluding carboxylic acids is 1. The van der Waals surface area contributed by atoms with E-state index >= 15 is 0 Å². The number of carbonyl (C=O) groups is 1. The van der Waals surface area contributed by atoms with Crippen LogP contribution in [0.25, 0.3) is 10.9 Å². The van der Waals surface area contributed by atoms with Crippen molar-refractivity contribution in [2.24, 2.45) is 0 Å². The zero-order chi connectivity index (χ0) is 20.5. The Kier molecular flexibility index (Phi) is 5.26. The fourth-order valence-corrected chi connectivity index (χ4v) is 3.88. The Labute approximate surface area is 178 Å². The predicted molar refractivity (Wildman–Crippen MR) is 117 cm³/mol. The Morgan fingerprint density at radius 3 is 2.66 bits per heavy atom. The molecule has 0 bridgehead atoms. The molecule has 0 atom stereocenters. The van der Waals surface area contributed by atoms with Crippen molar-refractivity contribution >= 4 is 45.8 Å². The molecular weight excluding hydrogens is 407 g/mol. The summed E-state index contributed by atoms with van der Waals surface area (Å²) in [6.45, 7) is 4.44. The first-order valence-electron chi connectivity index (χ1n) is 9.06. The van der Waals surface area contributed by atoms with Gasteiger partial charge in [-0.1, -0.05) is 47.0 Å². The molecule has 0 unspecified atom stereocenters. The molecule has 2 heterocycles. The van der Waals surface area contributed by atoms with E-state index in [2.05, 4.69) is 21.5 Å². The van der Waals surface area contributed by atoms with Gasteiger partial charge in [0.1, 0.15) is 5.82 Å². The third-order valence-corrected chi connectivity index (χ3v) is 5.22. The summed E-state index contributed by atoms with van der Waals surface area (Å²) < 4.78 is 1.81. The molecule has 0 aliphatic heterocycles. The van der Waals surface area contributed by atoms with Gasteiger partial charge in [0.05, 0.1) is 12.1 Å². The molecule has 1 N–H and O–H groups in total. The molecule has 0 spiro atoms. The number of benzene rings is 2. The standard InChI is InChI=1S/C22H18Cl2N4O/c1-13-9-14(2)21-17(10-13)20(22(29)26-19-5-3-4-8-25-19)27-28(21)12-15-6-7-16(23)11-18(15)24/h3-11H,12H2,1-2H3,(H,25,26,29). The molecule has 4 rings (SSSR count). The van der Waals surface area contributed by atoms with Crippen LogP contribution in [0.15, 0.2) is 54.7 Å². The van der Waals surface area contributed by atoms with Crippen molar-refractivity contribution in [3.05, 3.63) is 87.2 Å². The number of hydrogen-bond acceptors (Lipinski definition) is 3. The highest BCUT2D eigenvalue weighted by atomic mass is 35.5. The van der Waals surface area contributed by atoms with Crippen LogP contribution in [-0.2, 0) is 6.54 Å². The van der Waals surface area contributed by atoms with Crippen molar-refractivity contribution < 1.29 is 4.79 Å². The van der Waals surface area contributed by atoms with E-state index in [0.717, 1.165) is 27.6 Å². The Morgan fingerprint density at radius 2 is 1.93 bits per heavy atom. The van der Waals surface area contributed by atoms with Crippen LogP contribution in [0.5, 0.6) is 0 Å². The molecule has 2 aromatic carbocycles. The van der Waals surface area contributed by atoms with Gasteiger partial charge in [-0.05, 0) is 55.3 Å². The number of nitrogens with zero attached hydrogens (tertiary/aromatic N) is 3. The molecule has 0 saturated carbocycles. The van der Waals surface area contributed by atoms with Crippen molar-refractivity contribution in [2.45, 2.75) is 20.4 Å². The highest BCUT2D eigenvalue weighted by Gasteiger charge is 2.20. The Hall–Kier alpha value is -2.89. The van der Waals surface area contributed by atoms with Crippen LogP contribution in [0.3, 0.4) is 0 Å². The van der Waals surface area contributed by atoms with Crippen LogP contribution in [0.1, 0.15) is 27.2 Å². The van der Waals surface area contributed by atoms with E-state index in [9.17, 15) is 4.79 Å². The number of fused-ring (bicyclic) bond motifs is 1. The fraction of sp³-hybridized carbons (Fsp3) is 0.136. The second kappa shape index (κ2) is 7.85. The number of nitrogens with one attached hydrogen (secondary N) is 1. The maximum atomic E-state index is 13.0. The van der Waals surface area contributed by atoms with Gasteiger partial charge in [0.25, 0.3) is 5.91 Å². The first kappa shape index (κ1) is 19.4. The summed E-state index contributed by atoms with van der Waals surface area (Å²) in [5.74, 6) is 0.171. The van der Waals surface area contributed by atoms with Crippen LogP contribution in [0, 0.1) is 13.8 Å². The number of rotatable bonds is 4. The first-order valence-corrected chi connectivity index (χ1v) is 9.82. The Morgan fingerprint density at radius 1 is 1.10 bits per heavy atom. The second-order valence-electron chi connectivity index (χ2n) is 6.89. The van der Waals surface area contributed by atoms with E-state index in [4.69, 9.17) is 23.2 Å². The molecule has 2 aromatic heterocycles. The average Bonchev–Trinajstić information content (AvgIpc) is 3.03. The van der Waals surface area contributed by atoms with Crippen molar-refractivity contribution in [1.29, 1.82) is 0 Å². The number of halogens is 2. The summed E-state index contributed by atoms with van der Waals surface area (Å²) in [7, 11) is 0. The summed E-state index contributed by atoms with van der Waals surface area (Å²) in [4.78, 5) is 17.1. The van der Waals surface area contributed by atoms with Gasteiger partial charge in [0.15, 0.2) is 5.69 Å². The minimum Gasteiger partial charge on any atom is -0.305 e. The van der Waals surface area contributed by atoms with Gasteiger partial charge in [-0.25, -0.2) is 4.98 Å².